The number of rotatable bonds is 5. The molecule has 0 bridgehead atoms. The summed E-state index contributed by atoms with van der Waals surface area (Å²) >= 11 is 1.28. The molecule has 2 aliphatic rings. The van der Waals surface area contributed by atoms with E-state index in [-0.39, 0.29) is 24.6 Å². The Balaban J connectivity index is 1.52. The maximum absolute atomic E-state index is 13.7. The van der Waals surface area contributed by atoms with Gasteiger partial charge in [0.05, 0.1) is 11.7 Å². The Morgan fingerprint density at radius 3 is 2.58 bits per heavy atom. The third kappa shape index (κ3) is 4.18. The van der Waals surface area contributed by atoms with Gasteiger partial charge in [0.1, 0.15) is 23.4 Å². The first kappa shape index (κ1) is 21.0. The molecule has 0 aromatic heterocycles. The number of aryl methyl sites for hydroxylation is 1. The number of fused-ring (bicyclic) bond motifs is 1. The minimum absolute atomic E-state index is 0.180. The Hall–Kier alpha value is -3.20. The van der Waals surface area contributed by atoms with E-state index in [0.29, 0.717) is 11.1 Å². The first-order valence-corrected chi connectivity index (χ1v) is 10.5. The van der Waals surface area contributed by atoms with Crippen LogP contribution in [0.3, 0.4) is 0 Å². The van der Waals surface area contributed by atoms with Crippen LogP contribution < -0.4 is 10.2 Å². The maximum atomic E-state index is 13.7. The van der Waals surface area contributed by atoms with Crippen LogP contribution >= 0.6 is 11.8 Å². The summed E-state index contributed by atoms with van der Waals surface area (Å²) in [6.45, 7) is 1.47. The summed E-state index contributed by atoms with van der Waals surface area (Å²) in [6, 6.07) is 8.56. The molecule has 1 N–H and O–H groups in total. The van der Waals surface area contributed by atoms with E-state index in [0.717, 1.165) is 4.90 Å². The highest BCUT2D eigenvalue weighted by Gasteiger charge is 2.48. The minimum atomic E-state index is -0.638. The monoisotopic (exact) mass is 443 g/mol. The largest absolute Gasteiger partial charge is 0.350 e. The Bertz CT molecular complexity index is 1070. The molecule has 2 aromatic rings. The van der Waals surface area contributed by atoms with E-state index < -0.39 is 35.0 Å². The van der Waals surface area contributed by atoms with Crippen molar-refractivity contribution in [1.29, 1.82) is 0 Å². The first-order valence-electron chi connectivity index (χ1n) is 9.59. The molecule has 4 rings (SSSR count). The van der Waals surface area contributed by atoms with Crippen molar-refractivity contribution in [3.63, 3.8) is 0 Å². The number of carbonyl (C=O) groups excluding carboxylic acids is 3. The minimum Gasteiger partial charge on any atom is -0.350 e. The molecule has 6 nitrogen and oxygen atoms in total. The normalized spacial score (nSPS) is 20.2. The lowest BCUT2D eigenvalue weighted by Crippen LogP contribution is -2.63. The van der Waals surface area contributed by atoms with E-state index in [2.05, 4.69) is 5.32 Å². The molecule has 160 valence electrons. The van der Waals surface area contributed by atoms with Gasteiger partial charge in [0.2, 0.25) is 5.91 Å². The predicted octanol–water partition coefficient (Wildman–Crippen LogP) is 3.36. The standard InChI is InChI=1S/C22H19F2N3O3S/c1-13-10-16(6-7-17(13)24)27-21(29)20-18(8-9-31-20)26(22(27)30)12-19(28)25-11-14-2-4-15(23)5-3-14/h2-10,18,20H,11-12H2,1H3,(H,25,28). The number of nitrogens with zero attached hydrogens (tertiary/aromatic N) is 2. The number of carbonyl (C=O) groups is 3. The highest BCUT2D eigenvalue weighted by Crippen LogP contribution is 2.36. The third-order valence-corrected chi connectivity index (χ3v) is 6.28. The molecule has 9 heteroatoms. The number of thioether (sulfide) groups is 1. The van der Waals surface area contributed by atoms with Gasteiger partial charge in [-0.2, -0.15) is 0 Å². The number of halogens is 2. The van der Waals surface area contributed by atoms with E-state index in [9.17, 15) is 23.2 Å². The zero-order valence-electron chi connectivity index (χ0n) is 16.5. The van der Waals surface area contributed by atoms with Crippen molar-refractivity contribution >= 4 is 35.3 Å². The van der Waals surface area contributed by atoms with Crippen molar-refractivity contribution in [1.82, 2.24) is 10.2 Å². The second-order valence-electron chi connectivity index (χ2n) is 7.30. The lowest BCUT2D eigenvalue weighted by atomic mass is 10.1. The van der Waals surface area contributed by atoms with Gasteiger partial charge >= 0.3 is 6.03 Å². The van der Waals surface area contributed by atoms with Crippen LogP contribution in [0.25, 0.3) is 0 Å². The molecule has 0 spiro atoms. The molecular formula is C22H19F2N3O3S. The smallest absolute Gasteiger partial charge is 0.332 e. The van der Waals surface area contributed by atoms with Gasteiger partial charge in [-0.3, -0.25) is 9.59 Å². The number of amides is 4. The zero-order chi connectivity index (χ0) is 22.1. The van der Waals surface area contributed by atoms with Crippen LogP contribution in [0.5, 0.6) is 0 Å². The summed E-state index contributed by atoms with van der Waals surface area (Å²) in [7, 11) is 0. The molecule has 0 radical (unpaired) electrons. The predicted molar refractivity (Wildman–Crippen MR) is 113 cm³/mol. The van der Waals surface area contributed by atoms with Gasteiger partial charge in [0, 0.05) is 6.54 Å². The van der Waals surface area contributed by atoms with Crippen LogP contribution in [-0.2, 0) is 16.1 Å². The number of urea groups is 1. The van der Waals surface area contributed by atoms with Crippen molar-refractivity contribution in [3.8, 4) is 0 Å². The molecule has 2 aliphatic heterocycles. The van der Waals surface area contributed by atoms with E-state index in [4.69, 9.17) is 0 Å². The van der Waals surface area contributed by atoms with E-state index in [1.165, 1.54) is 47.0 Å². The topological polar surface area (TPSA) is 69.7 Å². The van der Waals surface area contributed by atoms with Gasteiger partial charge in [0.15, 0.2) is 0 Å². The van der Waals surface area contributed by atoms with Gasteiger partial charge < -0.3 is 10.2 Å². The first-order chi connectivity index (χ1) is 14.8. The van der Waals surface area contributed by atoms with Crippen molar-refractivity contribution in [2.24, 2.45) is 0 Å². The average Bonchev–Trinajstić information content (AvgIpc) is 3.23. The fourth-order valence-electron chi connectivity index (χ4n) is 3.53. The number of anilines is 1. The highest BCUT2D eigenvalue weighted by molar-refractivity contribution is 8.03. The van der Waals surface area contributed by atoms with Crippen molar-refractivity contribution in [3.05, 3.63) is 76.7 Å². The van der Waals surface area contributed by atoms with E-state index in [1.54, 1.807) is 30.5 Å². The summed E-state index contributed by atoms with van der Waals surface area (Å²) < 4.78 is 26.7. The van der Waals surface area contributed by atoms with Gasteiger partial charge in [0.25, 0.3) is 5.91 Å². The number of hydrogen-bond donors (Lipinski definition) is 1. The fraction of sp³-hybridized carbons (Fsp3) is 0.227. The van der Waals surface area contributed by atoms with Crippen LogP contribution in [0.1, 0.15) is 11.1 Å². The molecule has 31 heavy (non-hydrogen) atoms. The SMILES string of the molecule is Cc1cc(N2C(=O)C3SC=CC3N(CC(=O)NCc3ccc(F)cc3)C2=O)ccc1F. The summed E-state index contributed by atoms with van der Waals surface area (Å²) in [5.74, 6) is -1.62. The Morgan fingerprint density at radius 2 is 1.87 bits per heavy atom. The van der Waals surface area contributed by atoms with Crippen LogP contribution in [-0.4, -0.2) is 40.6 Å². The van der Waals surface area contributed by atoms with E-state index in [1.807, 2.05) is 0 Å². The van der Waals surface area contributed by atoms with Gasteiger partial charge in [-0.05, 0) is 53.8 Å². The molecule has 2 unspecified atom stereocenters. The third-order valence-electron chi connectivity index (χ3n) is 5.19. The van der Waals surface area contributed by atoms with Crippen LogP contribution in [0.4, 0.5) is 19.3 Å². The Kier molecular flexibility index (Phi) is 5.77. The second kappa shape index (κ2) is 8.50. The van der Waals surface area contributed by atoms with Crippen LogP contribution in [0, 0.1) is 18.6 Å². The average molecular weight is 443 g/mol. The summed E-state index contributed by atoms with van der Waals surface area (Å²) in [5.41, 5.74) is 1.28. The molecular weight excluding hydrogens is 424 g/mol. The molecule has 4 amide bonds. The maximum Gasteiger partial charge on any atom is 0.332 e. The molecule has 0 aliphatic carbocycles. The number of nitrogens with one attached hydrogen (secondary N) is 1. The fourth-order valence-corrected chi connectivity index (χ4v) is 4.57. The van der Waals surface area contributed by atoms with Crippen molar-refractivity contribution in [2.75, 3.05) is 11.4 Å². The molecule has 2 atom stereocenters. The van der Waals surface area contributed by atoms with Gasteiger partial charge in [-0.15, -0.1) is 11.8 Å². The second-order valence-corrected chi connectivity index (χ2v) is 8.35. The van der Waals surface area contributed by atoms with Crippen LogP contribution in [0.15, 0.2) is 53.9 Å². The lowest BCUT2D eigenvalue weighted by molar-refractivity contribution is -0.124. The number of benzene rings is 2. The summed E-state index contributed by atoms with van der Waals surface area (Å²) in [5, 5.41) is 3.87. The van der Waals surface area contributed by atoms with E-state index >= 15 is 0 Å². The van der Waals surface area contributed by atoms with Crippen LogP contribution in [0.2, 0.25) is 0 Å². The Morgan fingerprint density at radius 1 is 1.13 bits per heavy atom. The molecule has 2 aromatic carbocycles. The summed E-state index contributed by atoms with van der Waals surface area (Å²) in [6.07, 6.45) is 1.73. The van der Waals surface area contributed by atoms with Crippen molar-refractivity contribution in [2.45, 2.75) is 24.8 Å². The lowest BCUT2D eigenvalue weighted by Gasteiger charge is -2.40. The molecule has 0 saturated carbocycles. The number of hydrogen-bond acceptors (Lipinski definition) is 4. The molecule has 1 fully saturated rings. The Labute approximate surface area is 181 Å². The quantitative estimate of drug-likeness (QED) is 0.770. The zero-order valence-corrected chi connectivity index (χ0v) is 17.4. The number of imide groups is 1. The van der Waals surface area contributed by atoms with Gasteiger partial charge in [-0.1, -0.05) is 18.2 Å². The van der Waals surface area contributed by atoms with Gasteiger partial charge in [-0.25, -0.2) is 18.5 Å². The van der Waals surface area contributed by atoms with Crippen molar-refractivity contribution < 1.29 is 23.2 Å². The molecule has 1 saturated heterocycles. The highest BCUT2D eigenvalue weighted by atomic mass is 32.2. The molecule has 2 heterocycles. The summed E-state index contributed by atoms with van der Waals surface area (Å²) in [4.78, 5) is 41.1.